The molecule has 1 rings (SSSR count). The summed E-state index contributed by atoms with van der Waals surface area (Å²) >= 11 is 0. The van der Waals surface area contributed by atoms with E-state index in [4.69, 9.17) is 22.3 Å². The first-order valence-electron chi connectivity index (χ1n) is 4.37. The van der Waals surface area contributed by atoms with Gasteiger partial charge in [0.25, 0.3) is 0 Å². The smallest absolute Gasteiger partial charge is 0.337 e. The van der Waals surface area contributed by atoms with Crippen LogP contribution < -0.4 is 17.2 Å². The third-order valence-electron chi connectivity index (χ3n) is 1.67. The Morgan fingerprint density at radius 1 is 1.29 bits per heavy atom. The van der Waals surface area contributed by atoms with Gasteiger partial charge in [-0.1, -0.05) is 0 Å². The number of nitrogens with two attached hydrogens (primary N) is 3. The van der Waals surface area contributed by atoms with Gasteiger partial charge < -0.3 is 22.3 Å². The minimum Gasteiger partial charge on any atom is -0.478 e. The first-order valence-corrected chi connectivity index (χ1v) is 4.37. The van der Waals surface area contributed by atoms with Crippen molar-refractivity contribution in [2.24, 2.45) is 27.2 Å². The van der Waals surface area contributed by atoms with Crippen molar-refractivity contribution in [2.75, 3.05) is 0 Å². The zero-order chi connectivity index (χ0) is 13.0. The van der Waals surface area contributed by atoms with Gasteiger partial charge in [0.1, 0.15) is 5.82 Å². The molecule has 0 saturated heterocycles. The molecule has 0 fully saturated rings. The van der Waals surface area contributed by atoms with Crippen molar-refractivity contribution < 1.29 is 14.3 Å². The molecule has 7 N–H and O–H groups in total. The number of benzene rings is 1. The lowest BCUT2D eigenvalue weighted by molar-refractivity contribution is 0.0698. The summed E-state index contributed by atoms with van der Waals surface area (Å²) in [5.74, 6) is -2.61. The van der Waals surface area contributed by atoms with E-state index in [2.05, 4.69) is 9.98 Å². The molecule has 0 aromatic heterocycles. The number of hydrogen-bond donors (Lipinski definition) is 4. The highest BCUT2D eigenvalue weighted by Gasteiger charge is 2.10. The lowest BCUT2D eigenvalue weighted by Crippen LogP contribution is -2.26. The maximum atomic E-state index is 12.9. The van der Waals surface area contributed by atoms with Crippen LogP contribution in [0.3, 0.4) is 0 Å². The van der Waals surface area contributed by atoms with Gasteiger partial charge in [0, 0.05) is 6.07 Å². The average Bonchev–Trinajstić information content (AvgIpc) is 2.15. The molecule has 17 heavy (non-hydrogen) atoms. The van der Waals surface area contributed by atoms with Gasteiger partial charge in [-0.3, -0.25) is 0 Å². The number of hydrogen-bond acceptors (Lipinski definition) is 2. The van der Waals surface area contributed by atoms with Crippen LogP contribution in [0.15, 0.2) is 28.2 Å². The van der Waals surface area contributed by atoms with Gasteiger partial charge in [0.05, 0.1) is 11.3 Å². The lowest BCUT2D eigenvalue weighted by atomic mass is 10.2. The van der Waals surface area contributed by atoms with Crippen LogP contribution in [0.4, 0.5) is 10.1 Å². The fourth-order valence-corrected chi connectivity index (χ4v) is 1.06. The van der Waals surface area contributed by atoms with Crippen LogP contribution >= 0.6 is 0 Å². The highest BCUT2D eigenvalue weighted by molar-refractivity contribution is 5.97. The molecule has 0 unspecified atom stereocenters. The molecule has 0 aliphatic heterocycles. The Hall–Kier alpha value is -2.64. The molecular formula is C9H10FN5O2. The SMILES string of the molecule is NC(N)=NC(N)=Nc1cc(F)ccc1C(=O)O. The lowest BCUT2D eigenvalue weighted by Gasteiger charge is -2.01. The van der Waals surface area contributed by atoms with Crippen LogP contribution in [0, 0.1) is 5.82 Å². The van der Waals surface area contributed by atoms with E-state index >= 15 is 0 Å². The summed E-state index contributed by atoms with van der Waals surface area (Å²) in [6, 6.07) is 2.98. The average molecular weight is 239 g/mol. The Balaban J connectivity index is 3.25. The number of halogens is 1. The molecule has 0 heterocycles. The van der Waals surface area contributed by atoms with Gasteiger partial charge in [0.15, 0.2) is 5.96 Å². The van der Waals surface area contributed by atoms with E-state index in [0.29, 0.717) is 0 Å². The maximum Gasteiger partial charge on any atom is 0.337 e. The minimum absolute atomic E-state index is 0.167. The molecule has 0 spiro atoms. The van der Waals surface area contributed by atoms with E-state index in [-0.39, 0.29) is 23.2 Å². The van der Waals surface area contributed by atoms with E-state index in [0.717, 1.165) is 18.2 Å². The molecule has 0 atom stereocenters. The van der Waals surface area contributed by atoms with Gasteiger partial charge in [-0.05, 0) is 12.1 Å². The Labute approximate surface area is 95.5 Å². The standard InChI is InChI=1S/C9H10FN5O2/c10-4-1-2-5(7(16)17)6(3-4)14-9(13)15-8(11)12/h1-3H,(H,16,17)(H6,11,12,13,14,15). The fraction of sp³-hybridized carbons (Fsp3) is 0. The van der Waals surface area contributed by atoms with Gasteiger partial charge in [-0.15, -0.1) is 0 Å². The minimum atomic E-state index is -1.26. The normalized spacial score (nSPS) is 11.0. The Kier molecular flexibility index (Phi) is 3.60. The second-order valence-electron chi connectivity index (χ2n) is 2.97. The van der Waals surface area contributed by atoms with E-state index in [1.807, 2.05) is 0 Å². The van der Waals surface area contributed by atoms with Crippen molar-refractivity contribution in [2.45, 2.75) is 0 Å². The Bertz CT molecular complexity index is 508. The van der Waals surface area contributed by atoms with Crippen LogP contribution in [0.25, 0.3) is 0 Å². The molecule has 7 nitrogen and oxygen atoms in total. The molecule has 0 bridgehead atoms. The van der Waals surface area contributed by atoms with Gasteiger partial charge in [-0.2, -0.15) is 4.99 Å². The van der Waals surface area contributed by atoms with Gasteiger partial charge >= 0.3 is 5.97 Å². The van der Waals surface area contributed by atoms with Gasteiger partial charge in [-0.25, -0.2) is 14.2 Å². The number of aromatic carboxylic acids is 1. The molecular weight excluding hydrogens is 229 g/mol. The van der Waals surface area contributed by atoms with E-state index in [1.54, 1.807) is 0 Å². The van der Waals surface area contributed by atoms with Crippen LogP contribution in [0.2, 0.25) is 0 Å². The number of rotatable bonds is 2. The molecule has 0 aliphatic rings. The molecule has 0 amide bonds. The maximum absolute atomic E-state index is 12.9. The van der Waals surface area contributed by atoms with Gasteiger partial charge in [0.2, 0.25) is 5.96 Å². The van der Waals surface area contributed by atoms with Crippen molar-refractivity contribution in [1.82, 2.24) is 0 Å². The van der Waals surface area contributed by atoms with Crippen LogP contribution in [-0.4, -0.2) is 23.0 Å². The molecule has 1 aromatic carbocycles. The molecule has 90 valence electrons. The predicted molar refractivity (Wildman–Crippen MR) is 60.5 cm³/mol. The van der Waals surface area contributed by atoms with E-state index in [1.165, 1.54) is 0 Å². The topological polar surface area (TPSA) is 140 Å². The molecule has 0 radical (unpaired) electrons. The van der Waals surface area contributed by atoms with Crippen LogP contribution in [0.1, 0.15) is 10.4 Å². The zero-order valence-corrected chi connectivity index (χ0v) is 8.59. The van der Waals surface area contributed by atoms with Crippen molar-refractivity contribution in [3.63, 3.8) is 0 Å². The molecule has 1 aromatic rings. The van der Waals surface area contributed by atoms with Crippen molar-refractivity contribution in [3.8, 4) is 0 Å². The largest absolute Gasteiger partial charge is 0.478 e. The Morgan fingerprint density at radius 2 is 1.94 bits per heavy atom. The third-order valence-corrected chi connectivity index (χ3v) is 1.67. The highest BCUT2D eigenvalue weighted by Crippen LogP contribution is 2.20. The second-order valence-corrected chi connectivity index (χ2v) is 2.97. The van der Waals surface area contributed by atoms with Crippen molar-refractivity contribution in [1.29, 1.82) is 0 Å². The molecule has 0 aliphatic carbocycles. The number of nitrogens with zero attached hydrogens (tertiary/aromatic N) is 2. The number of aliphatic imine (C=N–C) groups is 2. The molecule has 8 heteroatoms. The summed E-state index contributed by atoms with van der Waals surface area (Å²) in [5.41, 5.74) is 15.0. The number of carboxylic acid groups (broad SMARTS) is 1. The van der Waals surface area contributed by atoms with E-state index < -0.39 is 11.8 Å². The number of carbonyl (C=O) groups is 1. The summed E-state index contributed by atoms with van der Waals surface area (Å²) in [7, 11) is 0. The summed E-state index contributed by atoms with van der Waals surface area (Å²) < 4.78 is 12.9. The first-order chi connectivity index (χ1) is 7.90. The summed E-state index contributed by atoms with van der Waals surface area (Å²) in [4.78, 5) is 17.8. The molecule has 0 saturated carbocycles. The van der Waals surface area contributed by atoms with Crippen molar-refractivity contribution in [3.05, 3.63) is 29.6 Å². The van der Waals surface area contributed by atoms with Crippen LogP contribution in [-0.2, 0) is 0 Å². The van der Waals surface area contributed by atoms with Crippen molar-refractivity contribution >= 4 is 23.6 Å². The quantitative estimate of drug-likeness (QED) is 0.416. The summed E-state index contributed by atoms with van der Waals surface area (Å²) in [5, 5.41) is 8.83. The summed E-state index contributed by atoms with van der Waals surface area (Å²) in [6.45, 7) is 0. The first kappa shape index (κ1) is 12.4. The zero-order valence-electron chi connectivity index (χ0n) is 8.59. The van der Waals surface area contributed by atoms with E-state index in [9.17, 15) is 9.18 Å². The Morgan fingerprint density at radius 3 is 2.47 bits per heavy atom. The number of carboxylic acids is 1. The number of guanidine groups is 2. The third kappa shape index (κ3) is 3.45. The second kappa shape index (κ2) is 4.92. The highest BCUT2D eigenvalue weighted by atomic mass is 19.1. The summed E-state index contributed by atoms with van der Waals surface area (Å²) in [6.07, 6.45) is 0. The predicted octanol–water partition coefficient (Wildman–Crippen LogP) is -0.256. The monoisotopic (exact) mass is 239 g/mol. The fourth-order valence-electron chi connectivity index (χ4n) is 1.06. The van der Waals surface area contributed by atoms with Crippen LogP contribution in [0.5, 0.6) is 0 Å².